The summed E-state index contributed by atoms with van der Waals surface area (Å²) in [6, 6.07) is 22.1. The first-order valence-electron chi connectivity index (χ1n) is 13.7. The van der Waals surface area contributed by atoms with Gasteiger partial charge in [-0.2, -0.15) is 9.55 Å². The maximum absolute atomic E-state index is 14.8. The van der Waals surface area contributed by atoms with E-state index in [4.69, 9.17) is 9.26 Å². The molecule has 2 atom stereocenters. The van der Waals surface area contributed by atoms with E-state index in [0.717, 1.165) is 4.90 Å². The number of benzene rings is 3. The van der Waals surface area contributed by atoms with Crippen LogP contribution in [0.1, 0.15) is 28.7 Å². The van der Waals surface area contributed by atoms with Gasteiger partial charge in [0.15, 0.2) is 0 Å². The molecule has 45 heavy (non-hydrogen) atoms. The first kappa shape index (κ1) is 31.6. The minimum atomic E-state index is -4.28. The Balaban J connectivity index is 1.67. The topological polar surface area (TPSA) is 124 Å². The Morgan fingerprint density at radius 3 is 2.49 bits per heavy atom. The molecule has 0 fully saturated rings. The molecule has 0 spiro atoms. The molecule has 0 aliphatic heterocycles. The van der Waals surface area contributed by atoms with Crippen molar-refractivity contribution in [2.24, 2.45) is 0 Å². The van der Waals surface area contributed by atoms with Crippen LogP contribution >= 0.6 is 19.4 Å². The molecule has 0 saturated heterocycles. The summed E-state index contributed by atoms with van der Waals surface area (Å²) in [6.45, 7) is 1.48. The molecule has 1 amide bonds. The van der Waals surface area contributed by atoms with E-state index < -0.39 is 25.5 Å². The summed E-state index contributed by atoms with van der Waals surface area (Å²) >= 11 is 1.34. The van der Waals surface area contributed by atoms with E-state index in [2.05, 4.69) is 20.5 Å². The van der Waals surface area contributed by atoms with Crippen molar-refractivity contribution in [3.05, 3.63) is 114 Å². The van der Waals surface area contributed by atoms with E-state index in [1.54, 1.807) is 49.7 Å². The molecule has 0 saturated carbocycles. The van der Waals surface area contributed by atoms with Gasteiger partial charge in [-0.15, -0.1) is 0 Å². The maximum Gasteiger partial charge on any atom is 0.440 e. The molecule has 13 heteroatoms. The number of hydrogen-bond donors (Lipinski definition) is 2. The number of fused-ring (bicyclic) bond motifs is 1. The fourth-order valence-electron chi connectivity index (χ4n) is 4.37. The van der Waals surface area contributed by atoms with Crippen LogP contribution in [0.2, 0.25) is 0 Å². The first-order valence-corrected chi connectivity index (χ1v) is 16.1. The van der Waals surface area contributed by atoms with Gasteiger partial charge in [-0.05, 0) is 85.8 Å². The van der Waals surface area contributed by atoms with Gasteiger partial charge >= 0.3 is 13.6 Å². The van der Waals surface area contributed by atoms with Crippen LogP contribution in [0.15, 0.2) is 101 Å². The molecule has 0 unspecified atom stereocenters. The molecule has 0 aliphatic rings. The van der Waals surface area contributed by atoms with Crippen LogP contribution in [0.25, 0.3) is 23.1 Å². The van der Waals surface area contributed by atoms with Gasteiger partial charge in [-0.1, -0.05) is 30.0 Å². The predicted octanol–water partition coefficient (Wildman–Crippen LogP) is 6.44. The quantitative estimate of drug-likeness (QED) is 0.123. The van der Waals surface area contributed by atoms with E-state index in [1.165, 1.54) is 54.5 Å². The van der Waals surface area contributed by atoms with Crippen molar-refractivity contribution < 1.29 is 27.8 Å². The lowest BCUT2D eigenvalue weighted by Gasteiger charge is -2.23. The highest BCUT2D eigenvalue weighted by Crippen LogP contribution is 2.48. The molecular weight excluding hydrogens is 616 g/mol. The lowest BCUT2D eigenvalue weighted by atomic mass is 10.2. The SMILES string of the molecule is CNC(=O)c1ccccc1Sc1ccc2c(/C=C/c3ccccn3)nn([P@](=O)(N[C@@H](C)C(=O)OC)Oc3ccc(F)cc3)c2c1. The fraction of sp³-hybridized carbons (Fsp3) is 0.125. The Morgan fingerprint density at radius 1 is 1.02 bits per heavy atom. The van der Waals surface area contributed by atoms with E-state index in [-0.39, 0.29) is 11.7 Å². The van der Waals surface area contributed by atoms with Gasteiger partial charge in [0, 0.05) is 28.4 Å². The van der Waals surface area contributed by atoms with Gasteiger partial charge in [0.1, 0.15) is 17.6 Å². The van der Waals surface area contributed by atoms with Crippen LogP contribution in [0, 0.1) is 5.82 Å². The second-order valence-electron chi connectivity index (χ2n) is 9.66. The largest absolute Gasteiger partial charge is 0.468 e. The summed E-state index contributed by atoms with van der Waals surface area (Å²) < 4.78 is 40.6. The van der Waals surface area contributed by atoms with Gasteiger partial charge < -0.3 is 14.6 Å². The smallest absolute Gasteiger partial charge is 0.440 e. The number of methoxy groups -OCH3 is 1. The molecule has 3 aromatic carbocycles. The number of rotatable bonds is 11. The third kappa shape index (κ3) is 7.31. The summed E-state index contributed by atoms with van der Waals surface area (Å²) in [6.07, 6.45) is 5.17. The van der Waals surface area contributed by atoms with Crippen LogP contribution in [0.5, 0.6) is 5.75 Å². The third-order valence-corrected chi connectivity index (χ3v) is 9.59. The number of hydrogen-bond acceptors (Lipinski definition) is 8. The number of carbonyl (C=O) groups is 2. The van der Waals surface area contributed by atoms with Gasteiger partial charge in [-0.3, -0.25) is 14.6 Å². The number of amides is 1. The average Bonchev–Trinajstić information content (AvgIpc) is 3.43. The number of ether oxygens (including phenoxy) is 1. The molecule has 10 nitrogen and oxygen atoms in total. The normalized spacial score (nSPS) is 13.3. The Labute approximate surface area is 263 Å². The molecule has 2 N–H and O–H groups in total. The molecule has 2 aromatic heterocycles. The number of halogens is 1. The highest BCUT2D eigenvalue weighted by atomic mass is 32.2. The molecular formula is C32H29FN5O5PS. The lowest BCUT2D eigenvalue weighted by Crippen LogP contribution is -2.36. The monoisotopic (exact) mass is 645 g/mol. The van der Waals surface area contributed by atoms with E-state index in [0.29, 0.717) is 32.7 Å². The lowest BCUT2D eigenvalue weighted by molar-refractivity contribution is -0.142. The maximum atomic E-state index is 14.8. The Hall–Kier alpha value is -4.77. The van der Waals surface area contributed by atoms with Crippen LogP contribution in [-0.2, 0) is 14.1 Å². The second-order valence-corrected chi connectivity index (χ2v) is 12.6. The van der Waals surface area contributed by atoms with Crippen LogP contribution in [0.3, 0.4) is 0 Å². The zero-order valence-corrected chi connectivity index (χ0v) is 26.2. The van der Waals surface area contributed by atoms with Crippen molar-refractivity contribution in [1.82, 2.24) is 24.9 Å². The number of carbonyl (C=O) groups excluding carboxylic acids is 2. The third-order valence-electron chi connectivity index (χ3n) is 6.55. The minimum absolute atomic E-state index is 0.0866. The van der Waals surface area contributed by atoms with E-state index >= 15 is 0 Å². The van der Waals surface area contributed by atoms with E-state index in [9.17, 15) is 18.5 Å². The highest BCUT2D eigenvalue weighted by molar-refractivity contribution is 7.99. The van der Waals surface area contributed by atoms with Crippen LogP contribution in [-0.4, -0.2) is 46.6 Å². The van der Waals surface area contributed by atoms with Crippen LogP contribution < -0.4 is 14.9 Å². The zero-order chi connectivity index (χ0) is 32.0. The Morgan fingerprint density at radius 2 is 1.78 bits per heavy atom. The van der Waals surface area contributed by atoms with Crippen molar-refractivity contribution in [2.75, 3.05) is 14.2 Å². The summed E-state index contributed by atoms with van der Waals surface area (Å²) in [7, 11) is -1.49. The molecule has 5 aromatic rings. The van der Waals surface area contributed by atoms with Crippen molar-refractivity contribution in [1.29, 1.82) is 0 Å². The van der Waals surface area contributed by atoms with Crippen molar-refractivity contribution in [2.45, 2.75) is 22.8 Å². The van der Waals surface area contributed by atoms with Gasteiger partial charge in [0.25, 0.3) is 5.91 Å². The second kappa shape index (κ2) is 13.9. The Kier molecular flexibility index (Phi) is 9.77. The van der Waals surface area contributed by atoms with E-state index in [1.807, 2.05) is 36.4 Å². The highest BCUT2D eigenvalue weighted by Gasteiger charge is 2.36. The molecule has 0 bridgehead atoms. The standard InChI is InChI=1S/C32H29FN5O5PS/c1-21(32(40)42-3)37-44(41,43-24-14-11-22(33)12-15-24)38-29-20-25(45-30-10-5-4-9-27(30)31(39)34-2)16-17-26(29)28(36-38)18-13-23-8-6-7-19-35-23/h4-21H,1-3H3,(H,34,39)(H,37,41)/b18-13+/t21-,44-/m0/s1. The van der Waals surface area contributed by atoms with Gasteiger partial charge in [0.2, 0.25) is 0 Å². The van der Waals surface area contributed by atoms with Crippen molar-refractivity contribution in [3.63, 3.8) is 0 Å². The number of nitrogens with zero attached hydrogens (tertiary/aromatic N) is 3. The first-order chi connectivity index (χ1) is 21.7. The zero-order valence-electron chi connectivity index (χ0n) is 24.5. The van der Waals surface area contributed by atoms with Gasteiger partial charge in [-0.25, -0.2) is 14.0 Å². The number of nitrogens with one attached hydrogen (secondary N) is 2. The predicted molar refractivity (Wildman–Crippen MR) is 171 cm³/mol. The minimum Gasteiger partial charge on any atom is -0.468 e. The number of pyridine rings is 1. The molecule has 5 rings (SSSR count). The fourth-order valence-corrected chi connectivity index (χ4v) is 7.25. The summed E-state index contributed by atoms with van der Waals surface area (Å²) in [5, 5.41) is 10.7. The average molecular weight is 646 g/mol. The van der Waals surface area contributed by atoms with Crippen LogP contribution in [0.4, 0.5) is 4.39 Å². The number of esters is 1. The number of aromatic nitrogens is 3. The van der Waals surface area contributed by atoms with Crippen molar-refractivity contribution in [3.8, 4) is 5.75 Å². The van der Waals surface area contributed by atoms with Crippen molar-refractivity contribution >= 4 is 54.4 Å². The summed E-state index contributed by atoms with van der Waals surface area (Å²) in [4.78, 5) is 30.7. The molecule has 230 valence electrons. The van der Waals surface area contributed by atoms with Gasteiger partial charge in [0.05, 0.1) is 29.6 Å². The Bertz CT molecular complexity index is 1920. The molecule has 2 heterocycles. The summed E-state index contributed by atoms with van der Waals surface area (Å²) in [5.74, 6) is -1.32. The summed E-state index contributed by atoms with van der Waals surface area (Å²) in [5.41, 5.74) is 2.04. The molecule has 0 radical (unpaired) electrons. The molecule has 0 aliphatic carbocycles.